The van der Waals surface area contributed by atoms with Crippen molar-refractivity contribution in [3.63, 3.8) is 0 Å². The zero-order valence-corrected chi connectivity index (χ0v) is 12.2. The van der Waals surface area contributed by atoms with E-state index in [0.717, 1.165) is 12.0 Å². The number of nitrogens with two attached hydrogens (primary N) is 1. The number of hydrogen-bond donors (Lipinski definition) is 1. The summed E-state index contributed by atoms with van der Waals surface area (Å²) in [6.07, 6.45) is 4.84. The number of hydrogen-bond acceptors (Lipinski definition) is 4. The van der Waals surface area contributed by atoms with Crippen molar-refractivity contribution in [1.82, 2.24) is 20.2 Å². The first-order chi connectivity index (χ1) is 9.68. The Labute approximate surface area is 123 Å². The van der Waals surface area contributed by atoms with Crippen LogP contribution in [0.15, 0.2) is 18.2 Å². The second kappa shape index (κ2) is 5.40. The minimum absolute atomic E-state index is 0.340. The third kappa shape index (κ3) is 2.26. The van der Waals surface area contributed by atoms with Crippen molar-refractivity contribution in [2.75, 3.05) is 5.73 Å². The van der Waals surface area contributed by atoms with Gasteiger partial charge in [-0.05, 0) is 41.3 Å². The summed E-state index contributed by atoms with van der Waals surface area (Å²) in [6.45, 7) is 2.26. The van der Waals surface area contributed by atoms with Gasteiger partial charge in [-0.2, -0.15) is 0 Å². The molecule has 3 rings (SSSR count). The van der Waals surface area contributed by atoms with Gasteiger partial charge in [-0.1, -0.05) is 37.4 Å². The van der Waals surface area contributed by atoms with Crippen LogP contribution in [0, 0.1) is 5.92 Å². The highest BCUT2D eigenvalue weighted by atomic mass is 35.5. The molecule has 1 aromatic heterocycles. The van der Waals surface area contributed by atoms with Crippen LogP contribution in [0.3, 0.4) is 0 Å². The Morgan fingerprint density at radius 3 is 2.90 bits per heavy atom. The van der Waals surface area contributed by atoms with Crippen molar-refractivity contribution in [3.8, 4) is 11.4 Å². The molecule has 0 saturated heterocycles. The second-order valence-electron chi connectivity index (χ2n) is 5.48. The van der Waals surface area contributed by atoms with Gasteiger partial charge in [0, 0.05) is 5.56 Å². The fourth-order valence-electron chi connectivity index (χ4n) is 2.99. The first kappa shape index (κ1) is 13.4. The van der Waals surface area contributed by atoms with Crippen LogP contribution in [-0.4, -0.2) is 20.2 Å². The van der Waals surface area contributed by atoms with Crippen LogP contribution in [0.5, 0.6) is 0 Å². The predicted octanol–water partition coefficient (Wildman–Crippen LogP) is 3.33. The molecule has 20 heavy (non-hydrogen) atoms. The number of rotatable bonds is 2. The summed E-state index contributed by atoms with van der Waals surface area (Å²) >= 11 is 6.09. The van der Waals surface area contributed by atoms with E-state index in [1.807, 2.05) is 16.8 Å². The Morgan fingerprint density at radius 2 is 2.10 bits per heavy atom. The highest BCUT2D eigenvalue weighted by Gasteiger charge is 2.27. The maximum atomic E-state index is 6.09. The average molecular weight is 292 g/mol. The van der Waals surface area contributed by atoms with E-state index in [2.05, 4.69) is 22.4 Å². The Kier molecular flexibility index (Phi) is 3.61. The quantitative estimate of drug-likeness (QED) is 0.862. The van der Waals surface area contributed by atoms with Gasteiger partial charge in [0.25, 0.3) is 0 Å². The van der Waals surface area contributed by atoms with E-state index in [9.17, 15) is 0 Å². The van der Waals surface area contributed by atoms with Crippen molar-refractivity contribution in [3.05, 3.63) is 23.2 Å². The van der Waals surface area contributed by atoms with Crippen LogP contribution in [0.1, 0.15) is 38.6 Å². The fourth-order valence-corrected chi connectivity index (χ4v) is 3.16. The van der Waals surface area contributed by atoms with Gasteiger partial charge in [0.1, 0.15) is 0 Å². The molecule has 1 aromatic carbocycles. The number of para-hydroxylation sites is 1. The summed E-state index contributed by atoms with van der Waals surface area (Å²) in [5.41, 5.74) is 7.41. The van der Waals surface area contributed by atoms with E-state index in [0.29, 0.717) is 28.5 Å². The largest absolute Gasteiger partial charge is 0.397 e. The van der Waals surface area contributed by atoms with Crippen LogP contribution in [0.2, 0.25) is 5.02 Å². The third-order valence-electron chi connectivity index (χ3n) is 4.17. The van der Waals surface area contributed by atoms with Crippen LogP contribution in [0.25, 0.3) is 11.4 Å². The van der Waals surface area contributed by atoms with Crippen LogP contribution in [0.4, 0.5) is 5.69 Å². The number of nitrogens with zero attached hydrogens (tertiary/aromatic N) is 4. The molecule has 6 heteroatoms. The highest BCUT2D eigenvalue weighted by molar-refractivity contribution is 6.33. The molecule has 1 aliphatic carbocycles. The standard InChI is InChI=1S/C14H18ClN5/c1-9-5-2-3-8-12(9)20-14(17-18-19-20)10-6-4-7-11(15)13(10)16/h4,6-7,9,12H,2-3,5,8,16H2,1H3. The highest BCUT2D eigenvalue weighted by Crippen LogP contribution is 2.37. The summed E-state index contributed by atoms with van der Waals surface area (Å²) in [4.78, 5) is 0. The smallest absolute Gasteiger partial charge is 0.184 e. The van der Waals surface area contributed by atoms with E-state index in [-0.39, 0.29) is 0 Å². The van der Waals surface area contributed by atoms with Gasteiger partial charge in [-0.15, -0.1) is 5.10 Å². The Balaban J connectivity index is 2.03. The van der Waals surface area contributed by atoms with E-state index in [1.165, 1.54) is 19.3 Å². The molecule has 2 unspecified atom stereocenters. The lowest BCUT2D eigenvalue weighted by molar-refractivity contribution is 0.239. The summed E-state index contributed by atoms with van der Waals surface area (Å²) < 4.78 is 1.92. The van der Waals surface area contributed by atoms with Gasteiger partial charge in [0.15, 0.2) is 5.82 Å². The van der Waals surface area contributed by atoms with Crippen molar-refractivity contribution in [2.45, 2.75) is 38.6 Å². The third-order valence-corrected chi connectivity index (χ3v) is 4.50. The lowest BCUT2D eigenvalue weighted by atomic mass is 9.86. The maximum Gasteiger partial charge on any atom is 0.184 e. The van der Waals surface area contributed by atoms with Gasteiger partial charge in [-0.25, -0.2) is 4.68 Å². The molecule has 2 aromatic rings. The number of halogens is 1. The van der Waals surface area contributed by atoms with Crippen molar-refractivity contribution >= 4 is 17.3 Å². The van der Waals surface area contributed by atoms with Crippen molar-refractivity contribution < 1.29 is 0 Å². The van der Waals surface area contributed by atoms with Gasteiger partial charge in [0.2, 0.25) is 0 Å². The predicted molar refractivity (Wildman–Crippen MR) is 79.3 cm³/mol. The molecular weight excluding hydrogens is 274 g/mol. The molecule has 0 amide bonds. The van der Waals surface area contributed by atoms with Crippen molar-refractivity contribution in [2.24, 2.45) is 5.92 Å². The molecule has 2 atom stereocenters. The summed E-state index contributed by atoms with van der Waals surface area (Å²) in [6, 6.07) is 5.90. The molecule has 106 valence electrons. The number of aromatic nitrogens is 4. The summed E-state index contributed by atoms with van der Waals surface area (Å²) in [5, 5.41) is 12.7. The normalized spacial score (nSPS) is 22.9. The molecule has 2 N–H and O–H groups in total. The maximum absolute atomic E-state index is 6.09. The fraction of sp³-hybridized carbons (Fsp3) is 0.500. The molecular formula is C14H18ClN5. The van der Waals surface area contributed by atoms with Crippen LogP contribution in [-0.2, 0) is 0 Å². The van der Waals surface area contributed by atoms with Gasteiger partial charge in [-0.3, -0.25) is 0 Å². The first-order valence-electron chi connectivity index (χ1n) is 7.00. The van der Waals surface area contributed by atoms with Gasteiger partial charge >= 0.3 is 0 Å². The zero-order chi connectivity index (χ0) is 14.1. The minimum Gasteiger partial charge on any atom is -0.397 e. The topological polar surface area (TPSA) is 69.6 Å². The molecule has 1 fully saturated rings. The van der Waals surface area contributed by atoms with E-state index in [4.69, 9.17) is 17.3 Å². The van der Waals surface area contributed by atoms with E-state index < -0.39 is 0 Å². The van der Waals surface area contributed by atoms with E-state index >= 15 is 0 Å². The number of nitrogen functional groups attached to an aromatic ring is 1. The molecule has 1 heterocycles. The van der Waals surface area contributed by atoms with Crippen molar-refractivity contribution in [1.29, 1.82) is 0 Å². The Hall–Kier alpha value is -1.62. The minimum atomic E-state index is 0.340. The first-order valence-corrected chi connectivity index (χ1v) is 7.38. The SMILES string of the molecule is CC1CCCCC1n1nnnc1-c1cccc(Cl)c1N. The molecule has 0 bridgehead atoms. The monoisotopic (exact) mass is 291 g/mol. The number of benzene rings is 1. The van der Waals surface area contributed by atoms with Crippen LogP contribution < -0.4 is 5.73 Å². The second-order valence-corrected chi connectivity index (χ2v) is 5.88. The lowest BCUT2D eigenvalue weighted by Crippen LogP contribution is -2.23. The molecule has 0 aliphatic heterocycles. The molecule has 0 radical (unpaired) electrons. The Bertz CT molecular complexity index is 609. The number of tetrazole rings is 1. The molecule has 1 saturated carbocycles. The van der Waals surface area contributed by atoms with Gasteiger partial charge in [0.05, 0.1) is 16.8 Å². The van der Waals surface area contributed by atoms with Gasteiger partial charge < -0.3 is 5.73 Å². The molecule has 5 nitrogen and oxygen atoms in total. The lowest BCUT2D eigenvalue weighted by Gasteiger charge is -2.29. The van der Waals surface area contributed by atoms with E-state index in [1.54, 1.807) is 6.07 Å². The Morgan fingerprint density at radius 1 is 1.30 bits per heavy atom. The molecule has 1 aliphatic rings. The number of anilines is 1. The average Bonchev–Trinajstić information content (AvgIpc) is 2.91. The molecule has 0 spiro atoms. The van der Waals surface area contributed by atoms with Crippen LogP contribution >= 0.6 is 11.6 Å². The summed E-state index contributed by atoms with van der Waals surface area (Å²) in [7, 11) is 0. The summed E-state index contributed by atoms with van der Waals surface area (Å²) in [5.74, 6) is 1.29. The zero-order valence-electron chi connectivity index (χ0n) is 11.5.